The minimum absolute atomic E-state index is 0.0827. The van der Waals surface area contributed by atoms with Crippen LogP contribution in [0.3, 0.4) is 0 Å². The van der Waals surface area contributed by atoms with Crippen LogP contribution in [0.5, 0.6) is 11.5 Å². The second-order valence-electron chi connectivity index (χ2n) is 6.90. The lowest BCUT2D eigenvalue weighted by Crippen LogP contribution is -2.25. The molecule has 1 N–H and O–H groups in total. The summed E-state index contributed by atoms with van der Waals surface area (Å²) in [4.78, 5) is 17.4. The van der Waals surface area contributed by atoms with E-state index in [2.05, 4.69) is 10.3 Å². The molecule has 0 aliphatic heterocycles. The Morgan fingerprint density at radius 3 is 2.63 bits per heavy atom. The maximum atomic E-state index is 12.7. The molecule has 0 aliphatic rings. The van der Waals surface area contributed by atoms with Gasteiger partial charge in [-0.2, -0.15) is 0 Å². The van der Waals surface area contributed by atoms with Gasteiger partial charge in [-0.05, 0) is 59.8 Å². The first-order valence-electron chi connectivity index (χ1n) is 9.63. The Labute approximate surface area is 179 Å². The summed E-state index contributed by atoms with van der Waals surface area (Å²) in [5, 5.41) is 4.15. The van der Waals surface area contributed by atoms with Crippen LogP contribution in [0.1, 0.15) is 33.8 Å². The third-order valence-corrected chi connectivity index (χ3v) is 5.94. The summed E-state index contributed by atoms with van der Waals surface area (Å²) in [7, 11) is 1.61. The normalized spacial score (nSPS) is 11.8. The number of hydrogen-bond acceptors (Lipinski definition) is 5. The number of fused-ring (bicyclic) bond motifs is 1. The lowest BCUT2D eigenvalue weighted by molar-refractivity contribution is 0.0944. The van der Waals surface area contributed by atoms with E-state index in [9.17, 15) is 4.79 Å². The van der Waals surface area contributed by atoms with Crippen molar-refractivity contribution in [3.8, 4) is 11.5 Å². The van der Waals surface area contributed by atoms with Gasteiger partial charge < -0.3 is 14.8 Å². The van der Waals surface area contributed by atoms with E-state index in [1.807, 2.05) is 67.6 Å². The standard InChI is InChI=1S/C24H22N2O3S/c1-16(26-24(27)23-14-19-5-3-4-6-22(19)30-23)18-7-8-20(21(13-18)28-2)29-15-17-9-11-25-12-10-17/h3-14,16H,15H2,1-2H3,(H,26,27). The van der Waals surface area contributed by atoms with E-state index in [0.717, 1.165) is 21.2 Å². The van der Waals surface area contributed by atoms with Crippen molar-refractivity contribution in [2.45, 2.75) is 19.6 Å². The number of thiophene rings is 1. The van der Waals surface area contributed by atoms with Crippen molar-refractivity contribution in [1.29, 1.82) is 0 Å². The Bertz CT molecular complexity index is 1120. The van der Waals surface area contributed by atoms with Crippen molar-refractivity contribution in [3.05, 3.63) is 89.1 Å². The molecule has 1 unspecified atom stereocenters. The minimum atomic E-state index is -0.175. The van der Waals surface area contributed by atoms with Gasteiger partial charge in [-0.3, -0.25) is 9.78 Å². The molecule has 0 bridgehead atoms. The first kappa shape index (κ1) is 19.9. The molecule has 2 heterocycles. The highest BCUT2D eigenvalue weighted by molar-refractivity contribution is 7.20. The number of ether oxygens (including phenoxy) is 2. The van der Waals surface area contributed by atoms with Crippen LogP contribution >= 0.6 is 11.3 Å². The number of nitrogens with zero attached hydrogens (tertiary/aromatic N) is 1. The Kier molecular flexibility index (Phi) is 5.95. The molecule has 0 fully saturated rings. The molecule has 0 spiro atoms. The molecule has 152 valence electrons. The van der Waals surface area contributed by atoms with E-state index in [1.165, 1.54) is 11.3 Å². The van der Waals surface area contributed by atoms with Gasteiger partial charge in [0.05, 0.1) is 18.0 Å². The molecule has 2 aromatic carbocycles. The molecular formula is C24H22N2O3S. The summed E-state index contributed by atoms with van der Waals surface area (Å²) in [5.41, 5.74) is 1.97. The van der Waals surface area contributed by atoms with E-state index < -0.39 is 0 Å². The zero-order valence-electron chi connectivity index (χ0n) is 16.8. The molecule has 4 aromatic rings. The zero-order chi connectivity index (χ0) is 20.9. The first-order chi connectivity index (χ1) is 14.6. The van der Waals surface area contributed by atoms with Crippen LogP contribution in [-0.2, 0) is 6.61 Å². The van der Waals surface area contributed by atoms with Gasteiger partial charge in [0.25, 0.3) is 5.91 Å². The van der Waals surface area contributed by atoms with Crippen molar-refractivity contribution < 1.29 is 14.3 Å². The van der Waals surface area contributed by atoms with Crippen LogP contribution < -0.4 is 14.8 Å². The Balaban J connectivity index is 1.45. The molecule has 1 amide bonds. The van der Waals surface area contributed by atoms with Gasteiger partial charge in [0.15, 0.2) is 11.5 Å². The fourth-order valence-corrected chi connectivity index (χ4v) is 4.12. The highest BCUT2D eigenvalue weighted by Crippen LogP contribution is 2.31. The predicted octanol–water partition coefficient (Wildman–Crippen LogP) is 5.37. The van der Waals surface area contributed by atoms with Crippen molar-refractivity contribution in [2.75, 3.05) is 7.11 Å². The lowest BCUT2D eigenvalue weighted by atomic mass is 10.1. The maximum Gasteiger partial charge on any atom is 0.261 e. The van der Waals surface area contributed by atoms with Crippen LogP contribution in [0.25, 0.3) is 10.1 Å². The Hall–Kier alpha value is -3.38. The van der Waals surface area contributed by atoms with Gasteiger partial charge in [-0.15, -0.1) is 11.3 Å². The third kappa shape index (κ3) is 4.44. The van der Waals surface area contributed by atoms with Gasteiger partial charge in [-0.25, -0.2) is 0 Å². The second kappa shape index (κ2) is 8.97. The fourth-order valence-electron chi connectivity index (χ4n) is 3.16. The average Bonchev–Trinajstić information content (AvgIpc) is 3.23. The van der Waals surface area contributed by atoms with Crippen LogP contribution in [0.15, 0.2) is 73.1 Å². The molecule has 0 aliphatic carbocycles. The number of benzene rings is 2. The molecule has 0 saturated heterocycles. The highest BCUT2D eigenvalue weighted by Gasteiger charge is 2.16. The predicted molar refractivity (Wildman–Crippen MR) is 119 cm³/mol. The van der Waals surface area contributed by atoms with Crippen LogP contribution in [0.4, 0.5) is 0 Å². The fraction of sp³-hybridized carbons (Fsp3) is 0.167. The summed E-state index contributed by atoms with van der Waals surface area (Å²) in [6, 6.07) is 19.3. The molecule has 0 saturated carbocycles. The smallest absolute Gasteiger partial charge is 0.261 e. The molecular weight excluding hydrogens is 396 g/mol. The topological polar surface area (TPSA) is 60.5 Å². The van der Waals surface area contributed by atoms with E-state index in [0.29, 0.717) is 23.0 Å². The summed E-state index contributed by atoms with van der Waals surface area (Å²) in [6.45, 7) is 2.38. The van der Waals surface area contributed by atoms with E-state index in [4.69, 9.17) is 9.47 Å². The van der Waals surface area contributed by atoms with Crippen LogP contribution in [0.2, 0.25) is 0 Å². The summed E-state index contributed by atoms with van der Waals surface area (Å²) in [6.07, 6.45) is 3.47. The number of nitrogens with one attached hydrogen (secondary N) is 1. The number of carbonyl (C=O) groups excluding carboxylic acids is 1. The van der Waals surface area contributed by atoms with Gasteiger partial charge in [0.1, 0.15) is 6.61 Å². The third-order valence-electron chi connectivity index (χ3n) is 4.83. The quantitative estimate of drug-likeness (QED) is 0.438. The SMILES string of the molecule is COc1cc(C(C)NC(=O)c2cc3ccccc3s2)ccc1OCc1ccncc1. The van der Waals surface area contributed by atoms with Crippen LogP contribution in [0, 0.1) is 0 Å². The van der Waals surface area contributed by atoms with Crippen molar-refractivity contribution in [2.24, 2.45) is 0 Å². The summed E-state index contributed by atoms with van der Waals surface area (Å²) >= 11 is 1.50. The second-order valence-corrected chi connectivity index (χ2v) is 7.98. The number of amides is 1. The Morgan fingerprint density at radius 1 is 1.07 bits per heavy atom. The number of pyridine rings is 1. The Morgan fingerprint density at radius 2 is 1.87 bits per heavy atom. The molecule has 5 nitrogen and oxygen atoms in total. The van der Waals surface area contributed by atoms with Crippen molar-refractivity contribution in [1.82, 2.24) is 10.3 Å². The largest absolute Gasteiger partial charge is 0.493 e. The van der Waals surface area contributed by atoms with E-state index in [1.54, 1.807) is 19.5 Å². The zero-order valence-corrected chi connectivity index (χ0v) is 17.6. The van der Waals surface area contributed by atoms with Gasteiger partial charge in [0, 0.05) is 17.1 Å². The van der Waals surface area contributed by atoms with E-state index >= 15 is 0 Å². The molecule has 2 aromatic heterocycles. The first-order valence-corrected chi connectivity index (χ1v) is 10.4. The van der Waals surface area contributed by atoms with Crippen molar-refractivity contribution in [3.63, 3.8) is 0 Å². The minimum Gasteiger partial charge on any atom is -0.493 e. The van der Waals surface area contributed by atoms with Gasteiger partial charge >= 0.3 is 0 Å². The van der Waals surface area contributed by atoms with Gasteiger partial charge in [0.2, 0.25) is 0 Å². The lowest BCUT2D eigenvalue weighted by Gasteiger charge is -2.17. The molecule has 0 radical (unpaired) electrons. The van der Waals surface area contributed by atoms with Gasteiger partial charge in [-0.1, -0.05) is 24.3 Å². The summed E-state index contributed by atoms with van der Waals surface area (Å²) < 4.78 is 12.5. The number of carbonyl (C=O) groups is 1. The van der Waals surface area contributed by atoms with Crippen molar-refractivity contribution >= 4 is 27.3 Å². The highest BCUT2D eigenvalue weighted by atomic mass is 32.1. The molecule has 4 rings (SSSR count). The average molecular weight is 419 g/mol. The summed E-state index contributed by atoms with van der Waals surface area (Å²) in [5.74, 6) is 1.20. The number of rotatable bonds is 7. The number of hydrogen-bond donors (Lipinski definition) is 1. The maximum absolute atomic E-state index is 12.7. The number of aromatic nitrogens is 1. The molecule has 1 atom stereocenters. The van der Waals surface area contributed by atoms with Crippen LogP contribution in [-0.4, -0.2) is 18.0 Å². The molecule has 30 heavy (non-hydrogen) atoms. The number of methoxy groups -OCH3 is 1. The molecule has 6 heteroatoms. The van der Waals surface area contributed by atoms with E-state index in [-0.39, 0.29) is 11.9 Å². The monoisotopic (exact) mass is 418 g/mol.